The Labute approximate surface area is 104 Å². The van der Waals surface area contributed by atoms with Crippen LogP contribution in [0.15, 0.2) is 24.3 Å². The van der Waals surface area contributed by atoms with E-state index in [0.29, 0.717) is 12.0 Å². The van der Waals surface area contributed by atoms with Crippen LogP contribution in [0, 0.1) is 5.92 Å². The van der Waals surface area contributed by atoms with E-state index in [-0.39, 0.29) is 0 Å². The molecule has 3 nitrogen and oxygen atoms in total. The van der Waals surface area contributed by atoms with Crippen LogP contribution in [0.25, 0.3) is 0 Å². The van der Waals surface area contributed by atoms with Crippen molar-refractivity contribution >= 4 is 5.69 Å². The average molecular weight is 234 g/mol. The number of anilines is 1. The van der Waals surface area contributed by atoms with E-state index in [1.165, 1.54) is 18.5 Å². The molecule has 1 aliphatic heterocycles. The maximum absolute atomic E-state index is 5.95. The van der Waals surface area contributed by atoms with Gasteiger partial charge >= 0.3 is 0 Å². The summed E-state index contributed by atoms with van der Waals surface area (Å²) in [4.78, 5) is 2.43. The van der Waals surface area contributed by atoms with Crippen molar-refractivity contribution in [1.29, 1.82) is 0 Å². The Morgan fingerprint density at radius 1 is 1.24 bits per heavy atom. The second kappa shape index (κ2) is 5.41. The van der Waals surface area contributed by atoms with Crippen LogP contribution in [0.5, 0.6) is 5.75 Å². The highest BCUT2D eigenvalue weighted by Gasteiger charge is 2.21. The molecule has 0 amide bonds. The first kappa shape index (κ1) is 12.2. The first-order valence-corrected chi connectivity index (χ1v) is 6.35. The number of hydrogen-bond acceptors (Lipinski definition) is 3. The van der Waals surface area contributed by atoms with Crippen molar-refractivity contribution in [1.82, 2.24) is 0 Å². The molecular formula is C14H22N2O. The van der Waals surface area contributed by atoms with Gasteiger partial charge in [-0.25, -0.2) is 0 Å². The Hall–Kier alpha value is -1.22. The minimum atomic E-state index is 0.327. The maximum Gasteiger partial charge on any atom is 0.119 e. The van der Waals surface area contributed by atoms with Crippen molar-refractivity contribution in [2.24, 2.45) is 11.7 Å². The van der Waals surface area contributed by atoms with Gasteiger partial charge in [0.1, 0.15) is 5.75 Å². The SMILES string of the molecule is COc1ccc(N2CCC(C(C)N)CC2)cc1. The molecule has 0 saturated carbocycles. The van der Waals surface area contributed by atoms with Gasteiger partial charge in [0.25, 0.3) is 0 Å². The molecule has 1 saturated heterocycles. The molecule has 1 fully saturated rings. The zero-order valence-corrected chi connectivity index (χ0v) is 10.7. The van der Waals surface area contributed by atoms with Crippen LogP contribution in [0.2, 0.25) is 0 Å². The predicted octanol–water partition coefficient (Wildman–Crippen LogP) is 2.26. The lowest BCUT2D eigenvalue weighted by molar-refractivity contribution is 0.354. The summed E-state index contributed by atoms with van der Waals surface area (Å²) in [6, 6.07) is 8.63. The van der Waals surface area contributed by atoms with E-state index in [9.17, 15) is 0 Å². The first-order valence-electron chi connectivity index (χ1n) is 6.35. The summed E-state index contributed by atoms with van der Waals surface area (Å²) in [5, 5.41) is 0. The van der Waals surface area contributed by atoms with Crippen molar-refractivity contribution in [3.8, 4) is 5.75 Å². The van der Waals surface area contributed by atoms with Gasteiger partial charge in [0.05, 0.1) is 7.11 Å². The van der Waals surface area contributed by atoms with Crippen LogP contribution in [0.3, 0.4) is 0 Å². The molecule has 2 rings (SSSR count). The van der Waals surface area contributed by atoms with E-state index in [2.05, 4.69) is 24.0 Å². The summed E-state index contributed by atoms with van der Waals surface area (Å²) in [5.74, 6) is 1.60. The molecule has 0 radical (unpaired) electrons. The molecule has 2 N–H and O–H groups in total. The van der Waals surface area contributed by atoms with Crippen LogP contribution in [0.4, 0.5) is 5.69 Å². The molecule has 0 aromatic heterocycles. The number of nitrogens with zero attached hydrogens (tertiary/aromatic N) is 1. The van der Waals surface area contributed by atoms with Gasteiger partial charge in [0.15, 0.2) is 0 Å². The van der Waals surface area contributed by atoms with Crippen LogP contribution in [-0.4, -0.2) is 26.2 Å². The fourth-order valence-electron chi connectivity index (χ4n) is 2.48. The zero-order chi connectivity index (χ0) is 12.3. The Bertz CT molecular complexity index is 340. The number of ether oxygens (including phenoxy) is 1. The minimum absolute atomic E-state index is 0.327. The molecule has 1 heterocycles. The Kier molecular flexibility index (Phi) is 3.89. The number of piperidine rings is 1. The van der Waals surface area contributed by atoms with E-state index in [1.54, 1.807) is 7.11 Å². The van der Waals surface area contributed by atoms with Gasteiger partial charge in [0, 0.05) is 24.8 Å². The fraction of sp³-hybridized carbons (Fsp3) is 0.571. The van der Waals surface area contributed by atoms with Crippen molar-refractivity contribution in [3.63, 3.8) is 0 Å². The third-order valence-corrected chi connectivity index (χ3v) is 3.72. The van der Waals surface area contributed by atoms with Crippen LogP contribution < -0.4 is 15.4 Å². The summed E-state index contributed by atoms with van der Waals surface area (Å²) in [7, 11) is 1.70. The highest BCUT2D eigenvalue weighted by Crippen LogP contribution is 2.26. The van der Waals surface area contributed by atoms with Crippen molar-refractivity contribution in [2.75, 3.05) is 25.1 Å². The number of methoxy groups -OCH3 is 1. The van der Waals surface area contributed by atoms with E-state index < -0.39 is 0 Å². The summed E-state index contributed by atoms with van der Waals surface area (Å²) < 4.78 is 5.17. The van der Waals surface area contributed by atoms with Crippen molar-refractivity contribution in [3.05, 3.63) is 24.3 Å². The van der Waals surface area contributed by atoms with Gasteiger partial charge < -0.3 is 15.4 Å². The number of rotatable bonds is 3. The molecule has 1 atom stereocenters. The van der Waals surface area contributed by atoms with Gasteiger partial charge in [-0.1, -0.05) is 0 Å². The van der Waals surface area contributed by atoms with Gasteiger partial charge in [-0.3, -0.25) is 0 Å². The first-order chi connectivity index (χ1) is 8.20. The molecule has 94 valence electrons. The highest BCUT2D eigenvalue weighted by molar-refractivity contribution is 5.49. The molecule has 1 aromatic rings. The predicted molar refractivity (Wildman–Crippen MR) is 71.6 cm³/mol. The van der Waals surface area contributed by atoms with E-state index in [0.717, 1.165) is 18.8 Å². The standard InChI is InChI=1S/C14H22N2O/c1-11(15)12-7-9-16(10-8-12)13-3-5-14(17-2)6-4-13/h3-6,11-12H,7-10,15H2,1-2H3. The molecule has 0 aliphatic carbocycles. The topological polar surface area (TPSA) is 38.5 Å². The number of benzene rings is 1. The van der Waals surface area contributed by atoms with Gasteiger partial charge in [0.2, 0.25) is 0 Å². The monoisotopic (exact) mass is 234 g/mol. The van der Waals surface area contributed by atoms with Crippen LogP contribution in [-0.2, 0) is 0 Å². The molecule has 17 heavy (non-hydrogen) atoms. The quantitative estimate of drug-likeness (QED) is 0.872. The Balaban J connectivity index is 1.95. The average Bonchev–Trinajstić information content (AvgIpc) is 2.39. The van der Waals surface area contributed by atoms with Crippen molar-refractivity contribution < 1.29 is 4.74 Å². The third-order valence-electron chi connectivity index (χ3n) is 3.72. The minimum Gasteiger partial charge on any atom is -0.497 e. The largest absolute Gasteiger partial charge is 0.497 e. The zero-order valence-electron chi connectivity index (χ0n) is 10.7. The van der Waals surface area contributed by atoms with E-state index in [1.807, 2.05) is 12.1 Å². The Morgan fingerprint density at radius 3 is 2.29 bits per heavy atom. The normalized spacial score (nSPS) is 19.1. The molecule has 0 bridgehead atoms. The third kappa shape index (κ3) is 2.91. The summed E-state index contributed by atoms with van der Waals surface area (Å²) in [6.45, 7) is 4.34. The van der Waals surface area contributed by atoms with Crippen LogP contribution in [0.1, 0.15) is 19.8 Å². The molecule has 3 heteroatoms. The summed E-state index contributed by atoms with van der Waals surface area (Å²) in [5.41, 5.74) is 7.24. The van der Waals surface area contributed by atoms with E-state index >= 15 is 0 Å². The lowest BCUT2D eigenvalue weighted by Crippen LogP contribution is -2.39. The number of hydrogen-bond donors (Lipinski definition) is 1. The molecular weight excluding hydrogens is 212 g/mol. The van der Waals surface area contributed by atoms with Gasteiger partial charge in [-0.15, -0.1) is 0 Å². The lowest BCUT2D eigenvalue weighted by Gasteiger charge is -2.35. The second-order valence-electron chi connectivity index (χ2n) is 4.88. The Morgan fingerprint density at radius 2 is 1.82 bits per heavy atom. The maximum atomic E-state index is 5.95. The number of nitrogens with two attached hydrogens (primary N) is 1. The molecule has 1 aromatic carbocycles. The lowest BCUT2D eigenvalue weighted by atomic mass is 9.91. The highest BCUT2D eigenvalue weighted by atomic mass is 16.5. The van der Waals surface area contributed by atoms with Gasteiger partial charge in [-0.2, -0.15) is 0 Å². The second-order valence-corrected chi connectivity index (χ2v) is 4.88. The summed E-state index contributed by atoms with van der Waals surface area (Å²) in [6.07, 6.45) is 2.40. The summed E-state index contributed by atoms with van der Waals surface area (Å²) >= 11 is 0. The fourth-order valence-corrected chi connectivity index (χ4v) is 2.48. The molecule has 0 spiro atoms. The van der Waals surface area contributed by atoms with Crippen LogP contribution >= 0.6 is 0 Å². The van der Waals surface area contributed by atoms with Crippen molar-refractivity contribution in [2.45, 2.75) is 25.8 Å². The van der Waals surface area contributed by atoms with Gasteiger partial charge in [-0.05, 0) is 49.9 Å². The molecule has 1 aliphatic rings. The smallest absolute Gasteiger partial charge is 0.119 e. The molecule has 1 unspecified atom stereocenters. The van der Waals surface area contributed by atoms with E-state index in [4.69, 9.17) is 10.5 Å².